The number of aliphatic carboxylic acids is 1. The van der Waals surface area contributed by atoms with Crippen LogP contribution < -0.4 is 0 Å². The molecule has 238 valence electrons. The van der Waals surface area contributed by atoms with Gasteiger partial charge < -0.3 is 5.11 Å². The number of carboxylic acids is 1. The van der Waals surface area contributed by atoms with E-state index >= 15 is 0 Å². The molecule has 0 amide bonds. The summed E-state index contributed by atoms with van der Waals surface area (Å²) in [7, 11) is 0. The van der Waals surface area contributed by atoms with Gasteiger partial charge in [-0.3, -0.25) is 9.78 Å². The van der Waals surface area contributed by atoms with E-state index in [4.69, 9.17) is 0 Å². The second kappa shape index (κ2) is 14.9. The van der Waals surface area contributed by atoms with Crippen LogP contribution in [0.15, 0.2) is 42.3 Å². The largest absolute Gasteiger partial charge is 0.481 e. The molecular weight excluding hydrogens is 526 g/mol. The van der Waals surface area contributed by atoms with Crippen molar-refractivity contribution in [2.45, 2.75) is 149 Å². The van der Waals surface area contributed by atoms with Gasteiger partial charge in [-0.2, -0.15) is 0 Å². The summed E-state index contributed by atoms with van der Waals surface area (Å²) in [4.78, 5) is 16.9. The lowest BCUT2D eigenvalue weighted by Gasteiger charge is -2.58. The number of pyridine rings is 1. The first-order valence-corrected chi connectivity index (χ1v) is 18.4. The molecule has 3 nitrogen and oxygen atoms in total. The molecule has 4 aliphatic carbocycles. The van der Waals surface area contributed by atoms with E-state index in [1.165, 1.54) is 114 Å². The molecule has 0 saturated heterocycles. The topological polar surface area (TPSA) is 50.2 Å². The number of rotatable bonds is 16. The Morgan fingerprint density at radius 1 is 0.884 bits per heavy atom. The van der Waals surface area contributed by atoms with Crippen LogP contribution in [-0.4, -0.2) is 16.1 Å². The van der Waals surface area contributed by atoms with Crippen molar-refractivity contribution in [3.8, 4) is 0 Å². The van der Waals surface area contributed by atoms with E-state index in [1.54, 1.807) is 5.57 Å². The zero-order chi connectivity index (χ0) is 30.3. The minimum Gasteiger partial charge on any atom is -0.481 e. The molecule has 0 aromatic carbocycles. The number of carbonyl (C=O) groups is 1. The fourth-order valence-corrected chi connectivity index (χ4v) is 10.3. The van der Waals surface area contributed by atoms with Crippen LogP contribution in [0.1, 0.15) is 155 Å². The Balaban J connectivity index is 1.10. The number of carboxylic acid groups (broad SMARTS) is 1. The van der Waals surface area contributed by atoms with Gasteiger partial charge >= 0.3 is 5.97 Å². The maximum atomic E-state index is 12.5. The summed E-state index contributed by atoms with van der Waals surface area (Å²) < 4.78 is 0. The van der Waals surface area contributed by atoms with Gasteiger partial charge in [0.2, 0.25) is 0 Å². The molecular formula is C40H61NO2. The molecule has 1 aromatic heterocycles. The first-order valence-electron chi connectivity index (χ1n) is 18.4. The zero-order valence-corrected chi connectivity index (χ0v) is 27.8. The summed E-state index contributed by atoms with van der Waals surface area (Å²) in [6, 6.07) is 4.33. The molecule has 1 N–H and O–H groups in total. The highest BCUT2D eigenvalue weighted by Crippen LogP contribution is 2.66. The van der Waals surface area contributed by atoms with E-state index in [1.807, 2.05) is 6.20 Å². The Bertz CT molecular complexity index is 1110. The predicted molar refractivity (Wildman–Crippen MR) is 180 cm³/mol. The second-order valence-corrected chi connectivity index (χ2v) is 15.4. The predicted octanol–water partition coefficient (Wildman–Crippen LogP) is 11.4. The van der Waals surface area contributed by atoms with Crippen LogP contribution in [0, 0.1) is 40.4 Å². The molecule has 2 saturated carbocycles. The third-order valence-corrected chi connectivity index (χ3v) is 13.0. The van der Waals surface area contributed by atoms with Crippen molar-refractivity contribution in [3.05, 3.63) is 47.8 Å². The smallest absolute Gasteiger partial charge is 0.306 e. The Kier molecular flexibility index (Phi) is 11.3. The lowest BCUT2D eigenvalue weighted by molar-refractivity contribution is -0.144. The van der Waals surface area contributed by atoms with E-state index in [9.17, 15) is 9.90 Å². The monoisotopic (exact) mass is 587 g/mol. The Morgan fingerprint density at radius 2 is 1.56 bits per heavy atom. The van der Waals surface area contributed by atoms with Crippen LogP contribution in [0.4, 0.5) is 0 Å². The normalized spacial score (nSPS) is 32.3. The fraction of sp³-hybridized carbons (Fsp3) is 0.750. The molecule has 0 aliphatic heterocycles. The average molecular weight is 588 g/mol. The number of hydrogen-bond acceptors (Lipinski definition) is 2. The molecule has 0 bridgehead atoms. The van der Waals surface area contributed by atoms with Crippen LogP contribution in [0.3, 0.4) is 0 Å². The van der Waals surface area contributed by atoms with Crippen molar-refractivity contribution in [1.82, 2.24) is 4.98 Å². The van der Waals surface area contributed by atoms with E-state index in [2.05, 4.69) is 56.2 Å². The molecule has 5 rings (SSSR count). The number of nitrogens with zero attached hydrogens (tertiary/aromatic N) is 1. The second-order valence-electron chi connectivity index (χ2n) is 15.4. The van der Waals surface area contributed by atoms with Crippen LogP contribution in [0.5, 0.6) is 0 Å². The van der Waals surface area contributed by atoms with Gasteiger partial charge in [0.05, 0.1) is 5.92 Å². The van der Waals surface area contributed by atoms with Crippen molar-refractivity contribution in [3.63, 3.8) is 0 Å². The molecule has 0 spiro atoms. The first-order chi connectivity index (χ1) is 20.9. The van der Waals surface area contributed by atoms with Gasteiger partial charge in [-0.25, -0.2) is 0 Å². The number of unbranched alkanes of at least 4 members (excludes halogenated alkanes) is 11. The third-order valence-electron chi connectivity index (χ3n) is 13.0. The number of fused-ring (bicyclic) bond motifs is 5. The quantitative estimate of drug-likeness (QED) is 0.155. The van der Waals surface area contributed by atoms with Crippen LogP contribution in [-0.2, 0) is 4.79 Å². The van der Waals surface area contributed by atoms with Gasteiger partial charge in [-0.05, 0) is 103 Å². The van der Waals surface area contributed by atoms with Gasteiger partial charge in [-0.15, -0.1) is 0 Å². The van der Waals surface area contributed by atoms with Gasteiger partial charge in [0.1, 0.15) is 0 Å². The Hall–Kier alpha value is -1.90. The third kappa shape index (κ3) is 7.17. The highest BCUT2D eigenvalue weighted by Gasteiger charge is 2.57. The highest BCUT2D eigenvalue weighted by molar-refractivity contribution is 5.72. The zero-order valence-electron chi connectivity index (χ0n) is 27.8. The Morgan fingerprint density at radius 3 is 2.21 bits per heavy atom. The summed E-state index contributed by atoms with van der Waals surface area (Å²) >= 11 is 0. The van der Waals surface area contributed by atoms with E-state index in [-0.39, 0.29) is 16.7 Å². The summed E-state index contributed by atoms with van der Waals surface area (Å²) in [5, 5.41) is 10.3. The molecule has 43 heavy (non-hydrogen) atoms. The number of aromatic nitrogens is 1. The highest BCUT2D eigenvalue weighted by atomic mass is 16.4. The lowest BCUT2D eigenvalue weighted by Crippen LogP contribution is -2.50. The standard InChI is InChI=1S/C40H61NO2/c1-4-5-6-7-8-9-10-11-12-13-14-15-18-33(38(42)43)30-23-25-39(2)32(28-30)19-20-34-36-22-21-35(31-17-16-27-41-29-31)40(36,3)26-24-37(34)39/h16-17,19,21,27,29-30,33-34,36-37H,4-15,18,20,22-26,28H2,1-3H3,(H,42,43)/t30-,33?,34-,36-,37-,39-,40+/m0/s1. The van der Waals surface area contributed by atoms with E-state index < -0.39 is 5.97 Å². The van der Waals surface area contributed by atoms with Crippen LogP contribution in [0.25, 0.3) is 5.57 Å². The maximum Gasteiger partial charge on any atom is 0.306 e. The lowest BCUT2D eigenvalue weighted by atomic mass is 9.46. The van der Waals surface area contributed by atoms with Gasteiger partial charge in [0.15, 0.2) is 0 Å². The van der Waals surface area contributed by atoms with E-state index in [0.717, 1.165) is 37.5 Å². The van der Waals surface area contributed by atoms with Crippen molar-refractivity contribution in [2.24, 2.45) is 40.4 Å². The summed E-state index contributed by atoms with van der Waals surface area (Å²) in [6.45, 7) is 7.37. The molecule has 1 heterocycles. The Labute approximate surface area is 263 Å². The maximum absolute atomic E-state index is 12.5. The van der Waals surface area contributed by atoms with Gasteiger partial charge in [-0.1, -0.05) is 122 Å². The number of allylic oxidation sites excluding steroid dienone is 4. The minimum atomic E-state index is -0.542. The van der Waals surface area contributed by atoms with Crippen molar-refractivity contribution < 1.29 is 9.90 Å². The van der Waals surface area contributed by atoms with Crippen LogP contribution >= 0.6 is 0 Å². The molecule has 2 fully saturated rings. The van der Waals surface area contributed by atoms with Gasteiger partial charge in [0, 0.05) is 12.4 Å². The number of hydrogen-bond donors (Lipinski definition) is 1. The van der Waals surface area contributed by atoms with Crippen molar-refractivity contribution in [1.29, 1.82) is 0 Å². The molecule has 7 atom stereocenters. The summed E-state index contributed by atoms with van der Waals surface area (Å²) in [6.07, 6.45) is 34.2. The minimum absolute atomic E-state index is 0.165. The molecule has 4 aliphatic rings. The fourth-order valence-electron chi connectivity index (χ4n) is 10.3. The van der Waals surface area contributed by atoms with Gasteiger partial charge in [0.25, 0.3) is 0 Å². The average Bonchev–Trinajstić information content (AvgIpc) is 3.37. The summed E-state index contributed by atoms with van der Waals surface area (Å²) in [5.74, 6) is 1.81. The molecule has 1 aromatic rings. The van der Waals surface area contributed by atoms with E-state index in [0.29, 0.717) is 11.8 Å². The molecule has 3 heteroatoms. The van der Waals surface area contributed by atoms with Crippen LogP contribution in [0.2, 0.25) is 0 Å². The first kappa shape index (κ1) is 32.5. The molecule has 1 unspecified atom stereocenters. The summed E-state index contributed by atoms with van der Waals surface area (Å²) in [5.41, 5.74) is 4.99. The van der Waals surface area contributed by atoms with Crippen molar-refractivity contribution >= 4 is 11.5 Å². The molecule has 0 radical (unpaired) electrons. The SMILES string of the molecule is CCCCCCCCCCCCCCC(C(=O)O)[C@H]1CC[C@@]2(C)C(=CC[C@@H]3[C@@H]2CC[C@]2(C)C(c4cccnc4)=CC[C@@H]32)C1. The van der Waals surface area contributed by atoms with Crippen molar-refractivity contribution in [2.75, 3.05) is 0 Å².